The van der Waals surface area contributed by atoms with Gasteiger partial charge in [0.05, 0.1) is 17.4 Å². The monoisotopic (exact) mass is 333 g/mol. The zero-order valence-electron chi connectivity index (χ0n) is 12.0. The Bertz CT molecular complexity index is 850. The van der Waals surface area contributed by atoms with Crippen LogP contribution in [-0.2, 0) is 4.79 Å². The molecule has 0 fully saturated rings. The first-order valence-corrected chi connectivity index (χ1v) is 7.92. The molecule has 7 heteroatoms. The van der Waals surface area contributed by atoms with E-state index in [4.69, 9.17) is 0 Å². The molecule has 1 aromatic heterocycles. The predicted molar refractivity (Wildman–Crippen MR) is 86.4 cm³/mol. The molecule has 3 aromatic rings. The SMILES string of the molecule is O=C(CCSc1ccc2cn[nH]c2c1)Nc1cccc(F)c1F. The maximum atomic E-state index is 13.5. The number of hydrogen-bond acceptors (Lipinski definition) is 3. The molecule has 0 radical (unpaired) electrons. The number of hydrogen-bond donors (Lipinski definition) is 2. The maximum Gasteiger partial charge on any atom is 0.225 e. The summed E-state index contributed by atoms with van der Waals surface area (Å²) in [4.78, 5) is 12.8. The summed E-state index contributed by atoms with van der Waals surface area (Å²) in [6.07, 6.45) is 1.94. The van der Waals surface area contributed by atoms with Gasteiger partial charge in [-0.05, 0) is 24.3 Å². The van der Waals surface area contributed by atoms with Crippen molar-refractivity contribution in [2.45, 2.75) is 11.3 Å². The molecule has 0 saturated heterocycles. The molecule has 4 nitrogen and oxygen atoms in total. The Kier molecular flexibility index (Phi) is 4.57. The Balaban J connectivity index is 1.53. The third kappa shape index (κ3) is 3.68. The van der Waals surface area contributed by atoms with Crippen LogP contribution in [0.3, 0.4) is 0 Å². The summed E-state index contributed by atoms with van der Waals surface area (Å²) >= 11 is 1.51. The summed E-state index contributed by atoms with van der Waals surface area (Å²) in [6, 6.07) is 9.54. The molecule has 23 heavy (non-hydrogen) atoms. The standard InChI is InChI=1S/C16H13F2N3OS/c17-12-2-1-3-13(16(12)18)20-15(22)6-7-23-11-5-4-10-9-19-21-14(10)8-11/h1-5,8-9H,6-7H2,(H,19,21)(H,20,22). The number of carbonyl (C=O) groups excluding carboxylic acids is 1. The zero-order chi connectivity index (χ0) is 16.2. The van der Waals surface area contributed by atoms with Gasteiger partial charge >= 0.3 is 0 Å². The van der Waals surface area contributed by atoms with E-state index in [0.29, 0.717) is 5.75 Å². The van der Waals surface area contributed by atoms with Gasteiger partial charge in [-0.1, -0.05) is 12.1 Å². The highest BCUT2D eigenvalue weighted by atomic mass is 32.2. The van der Waals surface area contributed by atoms with Crippen molar-refractivity contribution in [3.05, 3.63) is 54.2 Å². The van der Waals surface area contributed by atoms with E-state index in [1.807, 2.05) is 18.2 Å². The molecule has 2 N–H and O–H groups in total. The minimum atomic E-state index is -1.04. The van der Waals surface area contributed by atoms with Gasteiger partial charge in [0, 0.05) is 22.5 Å². The van der Waals surface area contributed by atoms with E-state index in [-0.39, 0.29) is 18.0 Å². The molecule has 0 unspecified atom stereocenters. The first-order valence-electron chi connectivity index (χ1n) is 6.93. The molecule has 0 saturated carbocycles. The number of halogens is 2. The van der Waals surface area contributed by atoms with Gasteiger partial charge in [-0.15, -0.1) is 11.8 Å². The molecular formula is C16H13F2N3OS. The van der Waals surface area contributed by atoms with Crippen LogP contribution in [0.1, 0.15) is 6.42 Å². The molecule has 0 aliphatic rings. The van der Waals surface area contributed by atoms with Crippen LogP contribution in [0.25, 0.3) is 10.9 Å². The van der Waals surface area contributed by atoms with E-state index in [9.17, 15) is 13.6 Å². The third-order valence-electron chi connectivity index (χ3n) is 3.24. The quantitative estimate of drug-likeness (QED) is 0.695. The highest BCUT2D eigenvalue weighted by Gasteiger charge is 2.10. The van der Waals surface area contributed by atoms with Gasteiger partial charge in [-0.25, -0.2) is 8.78 Å². The summed E-state index contributed by atoms with van der Waals surface area (Å²) in [5.74, 6) is -1.85. The lowest BCUT2D eigenvalue weighted by Crippen LogP contribution is -2.13. The largest absolute Gasteiger partial charge is 0.323 e. The number of aromatic nitrogens is 2. The number of carbonyl (C=O) groups is 1. The number of rotatable bonds is 5. The topological polar surface area (TPSA) is 57.8 Å². The summed E-state index contributed by atoms with van der Waals surface area (Å²) in [6.45, 7) is 0. The van der Waals surface area contributed by atoms with Crippen molar-refractivity contribution >= 4 is 34.3 Å². The second kappa shape index (κ2) is 6.78. The lowest BCUT2D eigenvalue weighted by Gasteiger charge is -2.06. The summed E-state index contributed by atoms with van der Waals surface area (Å²) in [7, 11) is 0. The minimum absolute atomic E-state index is 0.140. The van der Waals surface area contributed by atoms with Crippen LogP contribution >= 0.6 is 11.8 Å². The van der Waals surface area contributed by atoms with Gasteiger partial charge in [-0.3, -0.25) is 9.89 Å². The second-order valence-corrected chi connectivity index (χ2v) is 6.04. The molecule has 0 atom stereocenters. The number of fused-ring (bicyclic) bond motifs is 1. The Hall–Kier alpha value is -2.41. The van der Waals surface area contributed by atoms with Crippen molar-refractivity contribution in [3.8, 4) is 0 Å². The molecule has 0 aliphatic heterocycles. The lowest BCUT2D eigenvalue weighted by atomic mass is 10.3. The Morgan fingerprint density at radius 3 is 3.00 bits per heavy atom. The molecule has 1 heterocycles. The molecular weight excluding hydrogens is 320 g/mol. The molecule has 0 bridgehead atoms. The Morgan fingerprint density at radius 2 is 2.13 bits per heavy atom. The Morgan fingerprint density at radius 1 is 1.26 bits per heavy atom. The maximum absolute atomic E-state index is 13.5. The molecule has 0 aliphatic carbocycles. The highest BCUT2D eigenvalue weighted by Crippen LogP contribution is 2.23. The average Bonchev–Trinajstić information content (AvgIpc) is 2.99. The van der Waals surface area contributed by atoms with E-state index in [1.165, 1.54) is 23.9 Å². The van der Waals surface area contributed by atoms with Crippen LogP contribution in [0, 0.1) is 11.6 Å². The number of anilines is 1. The van der Waals surface area contributed by atoms with Crippen molar-refractivity contribution in [2.24, 2.45) is 0 Å². The van der Waals surface area contributed by atoms with Gasteiger partial charge in [0.1, 0.15) is 0 Å². The van der Waals surface area contributed by atoms with Gasteiger partial charge < -0.3 is 5.32 Å². The first kappa shape index (κ1) is 15.5. The van der Waals surface area contributed by atoms with E-state index in [1.54, 1.807) is 6.20 Å². The number of thioether (sulfide) groups is 1. The van der Waals surface area contributed by atoms with E-state index in [2.05, 4.69) is 15.5 Å². The van der Waals surface area contributed by atoms with E-state index < -0.39 is 11.6 Å². The normalized spacial score (nSPS) is 10.9. The van der Waals surface area contributed by atoms with Crippen LogP contribution < -0.4 is 5.32 Å². The first-order chi connectivity index (χ1) is 11.1. The van der Waals surface area contributed by atoms with Gasteiger partial charge in [0.25, 0.3) is 0 Å². The number of benzene rings is 2. The number of amides is 1. The molecule has 1 amide bonds. The van der Waals surface area contributed by atoms with Gasteiger partial charge in [0.15, 0.2) is 11.6 Å². The smallest absolute Gasteiger partial charge is 0.225 e. The predicted octanol–water partition coefficient (Wildman–Crippen LogP) is 3.96. The number of aromatic amines is 1. The van der Waals surface area contributed by atoms with Crippen molar-refractivity contribution in [3.63, 3.8) is 0 Å². The second-order valence-electron chi connectivity index (χ2n) is 4.87. The van der Waals surface area contributed by atoms with Crippen molar-refractivity contribution in [1.29, 1.82) is 0 Å². The lowest BCUT2D eigenvalue weighted by molar-refractivity contribution is -0.115. The zero-order valence-corrected chi connectivity index (χ0v) is 12.8. The van der Waals surface area contributed by atoms with Crippen LogP contribution in [-0.4, -0.2) is 21.9 Å². The number of nitrogens with zero attached hydrogens (tertiary/aromatic N) is 1. The van der Waals surface area contributed by atoms with Crippen LogP contribution in [0.5, 0.6) is 0 Å². The van der Waals surface area contributed by atoms with Crippen molar-refractivity contribution in [1.82, 2.24) is 10.2 Å². The van der Waals surface area contributed by atoms with Crippen LogP contribution in [0.2, 0.25) is 0 Å². The summed E-state index contributed by atoms with van der Waals surface area (Å²) < 4.78 is 26.5. The minimum Gasteiger partial charge on any atom is -0.323 e. The van der Waals surface area contributed by atoms with E-state index >= 15 is 0 Å². The van der Waals surface area contributed by atoms with Crippen LogP contribution in [0.4, 0.5) is 14.5 Å². The fourth-order valence-electron chi connectivity index (χ4n) is 2.08. The van der Waals surface area contributed by atoms with Crippen molar-refractivity contribution in [2.75, 3.05) is 11.1 Å². The molecule has 118 valence electrons. The molecule has 3 rings (SSSR count). The fraction of sp³-hybridized carbons (Fsp3) is 0.125. The molecule has 0 spiro atoms. The van der Waals surface area contributed by atoms with Gasteiger partial charge in [0.2, 0.25) is 5.91 Å². The van der Waals surface area contributed by atoms with Gasteiger partial charge in [-0.2, -0.15) is 5.10 Å². The van der Waals surface area contributed by atoms with Crippen LogP contribution in [0.15, 0.2) is 47.5 Å². The number of nitrogens with one attached hydrogen (secondary N) is 2. The van der Waals surface area contributed by atoms with Crippen molar-refractivity contribution < 1.29 is 13.6 Å². The fourth-order valence-corrected chi connectivity index (χ4v) is 2.97. The molecule has 2 aromatic carbocycles. The third-order valence-corrected chi connectivity index (χ3v) is 4.23. The Labute approximate surface area is 135 Å². The van der Waals surface area contributed by atoms with E-state index in [0.717, 1.165) is 21.9 Å². The highest BCUT2D eigenvalue weighted by molar-refractivity contribution is 7.99. The summed E-state index contributed by atoms with van der Waals surface area (Å²) in [5.41, 5.74) is 0.792. The summed E-state index contributed by atoms with van der Waals surface area (Å²) in [5, 5.41) is 10.2. The number of H-pyrrole nitrogens is 1. The average molecular weight is 333 g/mol.